The SMILES string of the molecule is Nc1cccc(-c2nn3c(c2-c2ccnc(N)n2)CCC3)c1. The molecule has 4 N–H and O–H groups in total. The fraction of sp³-hybridized carbons (Fsp3) is 0.188. The van der Waals surface area contributed by atoms with Gasteiger partial charge < -0.3 is 11.5 Å². The van der Waals surface area contributed by atoms with Gasteiger partial charge in [-0.2, -0.15) is 5.10 Å². The maximum atomic E-state index is 5.92. The van der Waals surface area contributed by atoms with Gasteiger partial charge in [0, 0.05) is 35.2 Å². The Balaban J connectivity index is 1.96. The minimum atomic E-state index is 0.272. The molecule has 6 heteroatoms. The van der Waals surface area contributed by atoms with E-state index >= 15 is 0 Å². The minimum absolute atomic E-state index is 0.272. The molecule has 3 aromatic rings. The largest absolute Gasteiger partial charge is 0.399 e. The summed E-state index contributed by atoms with van der Waals surface area (Å²) in [6.45, 7) is 0.936. The highest BCUT2D eigenvalue weighted by Gasteiger charge is 2.24. The molecule has 0 atom stereocenters. The molecule has 1 aliphatic rings. The molecule has 6 nitrogen and oxygen atoms in total. The Morgan fingerprint density at radius 3 is 2.86 bits per heavy atom. The minimum Gasteiger partial charge on any atom is -0.399 e. The van der Waals surface area contributed by atoms with Crippen LogP contribution in [0.25, 0.3) is 22.5 Å². The van der Waals surface area contributed by atoms with Gasteiger partial charge in [-0.3, -0.25) is 4.68 Å². The van der Waals surface area contributed by atoms with Crippen LogP contribution in [-0.2, 0) is 13.0 Å². The molecule has 0 saturated heterocycles. The molecule has 0 bridgehead atoms. The molecule has 1 aromatic carbocycles. The molecule has 1 aliphatic heterocycles. The number of nitrogens with zero attached hydrogens (tertiary/aromatic N) is 4. The second-order valence-corrected chi connectivity index (χ2v) is 5.42. The van der Waals surface area contributed by atoms with Crippen LogP contribution in [0.4, 0.5) is 11.6 Å². The van der Waals surface area contributed by atoms with Gasteiger partial charge in [0.25, 0.3) is 0 Å². The van der Waals surface area contributed by atoms with Gasteiger partial charge in [0.2, 0.25) is 5.95 Å². The summed E-state index contributed by atoms with van der Waals surface area (Å²) in [5.41, 5.74) is 17.3. The van der Waals surface area contributed by atoms with Crippen LogP contribution in [0.1, 0.15) is 12.1 Å². The lowest BCUT2D eigenvalue weighted by molar-refractivity contribution is 0.659. The maximum Gasteiger partial charge on any atom is 0.220 e. The molecule has 0 unspecified atom stereocenters. The molecule has 0 spiro atoms. The number of benzene rings is 1. The van der Waals surface area contributed by atoms with Gasteiger partial charge in [-0.05, 0) is 31.0 Å². The third-order valence-corrected chi connectivity index (χ3v) is 3.93. The highest BCUT2D eigenvalue weighted by atomic mass is 15.3. The Labute approximate surface area is 127 Å². The zero-order chi connectivity index (χ0) is 15.1. The van der Waals surface area contributed by atoms with Crippen LogP contribution in [0.3, 0.4) is 0 Å². The van der Waals surface area contributed by atoms with Crippen molar-refractivity contribution in [1.29, 1.82) is 0 Å². The lowest BCUT2D eigenvalue weighted by atomic mass is 10.0. The second kappa shape index (κ2) is 4.84. The highest BCUT2D eigenvalue weighted by Crippen LogP contribution is 2.37. The van der Waals surface area contributed by atoms with E-state index in [-0.39, 0.29) is 5.95 Å². The van der Waals surface area contributed by atoms with E-state index in [1.807, 2.05) is 30.3 Å². The summed E-state index contributed by atoms with van der Waals surface area (Å²) in [5, 5.41) is 4.77. The van der Waals surface area contributed by atoms with Gasteiger partial charge in [0.15, 0.2) is 0 Å². The van der Waals surface area contributed by atoms with Gasteiger partial charge >= 0.3 is 0 Å². The average Bonchev–Trinajstić information content (AvgIpc) is 3.07. The lowest BCUT2D eigenvalue weighted by Gasteiger charge is -2.06. The molecular weight excluding hydrogens is 276 g/mol. The zero-order valence-electron chi connectivity index (χ0n) is 12.0. The summed E-state index contributed by atoms with van der Waals surface area (Å²) in [4.78, 5) is 8.36. The van der Waals surface area contributed by atoms with Crippen molar-refractivity contribution in [3.05, 3.63) is 42.2 Å². The van der Waals surface area contributed by atoms with Crippen molar-refractivity contribution in [2.45, 2.75) is 19.4 Å². The number of aromatic nitrogens is 4. The number of nitrogens with two attached hydrogens (primary N) is 2. The van der Waals surface area contributed by atoms with Crippen LogP contribution >= 0.6 is 0 Å². The second-order valence-electron chi connectivity index (χ2n) is 5.42. The summed E-state index contributed by atoms with van der Waals surface area (Å²) >= 11 is 0. The molecule has 2 aromatic heterocycles. The third-order valence-electron chi connectivity index (χ3n) is 3.93. The average molecular weight is 292 g/mol. The van der Waals surface area contributed by atoms with E-state index in [9.17, 15) is 0 Å². The molecule has 0 amide bonds. The Bertz CT molecular complexity index is 852. The Kier molecular flexibility index (Phi) is 2.82. The van der Waals surface area contributed by atoms with E-state index in [2.05, 4.69) is 14.6 Å². The first kappa shape index (κ1) is 12.8. The Morgan fingerprint density at radius 1 is 1.14 bits per heavy atom. The van der Waals surface area contributed by atoms with E-state index in [0.717, 1.165) is 47.6 Å². The molecule has 0 radical (unpaired) electrons. The van der Waals surface area contributed by atoms with Gasteiger partial charge in [-0.1, -0.05) is 12.1 Å². The van der Waals surface area contributed by atoms with Crippen molar-refractivity contribution in [1.82, 2.24) is 19.7 Å². The van der Waals surface area contributed by atoms with E-state index in [4.69, 9.17) is 16.6 Å². The van der Waals surface area contributed by atoms with Crippen molar-refractivity contribution in [3.63, 3.8) is 0 Å². The molecule has 0 saturated carbocycles. The first-order valence-electron chi connectivity index (χ1n) is 7.27. The molecular formula is C16H16N6. The number of hydrogen-bond donors (Lipinski definition) is 2. The molecule has 3 heterocycles. The first-order valence-corrected chi connectivity index (χ1v) is 7.27. The quantitative estimate of drug-likeness (QED) is 0.705. The van der Waals surface area contributed by atoms with Crippen molar-refractivity contribution < 1.29 is 0 Å². The summed E-state index contributed by atoms with van der Waals surface area (Å²) < 4.78 is 2.06. The normalized spacial score (nSPS) is 13.3. The lowest BCUT2D eigenvalue weighted by Crippen LogP contribution is -1.97. The summed E-state index contributed by atoms with van der Waals surface area (Å²) in [7, 11) is 0. The number of hydrogen-bond acceptors (Lipinski definition) is 5. The topological polar surface area (TPSA) is 95.6 Å². The van der Waals surface area contributed by atoms with Crippen LogP contribution in [-0.4, -0.2) is 19.7 Å². The van der Waals surface area contributed by atoms with Crippen LogP contribution in [0.15, 0.2) is 36.5 Å². The summed E-state index contributed by atoms with van der Waals surface area (Å²) in [6.07, 6.45) is 3.78. The van der Waals surface area contributed by atoms with Crippen LogP contribution < -0.4 is 11.5 Å². The first-order chi connectivity index (χ1) is 10.7. The number of anilines is 2. The van der Waals surface area contributed by atoms with Crippen molar-refractivity contribution >= 4 is 11.6 Å². The van der Waals surface area contributed by atoms with Gasteiger partial charge in [-0.15, -0.1) is 0 Å². The van der Waals surface area contributed by atoms with Crippen molar-refractivity contribution in [2.75, 3.05) is 11.5 Å². The molecule has 110 valence electrons. The Hall–Kier alpha value is -2.89. The van der Waals surface area contributed by atoms with Crippen LogP contribution in [0.5, 0.6) is 0 Å². The van der Waals surface area contributed by atoms with Crippen LogP contribution in [0, 0.1) is 0 Å². The fourth-order valence-corrected chi connectivity index (χ4v) is 3.00. The molecule has 0 aliphatic carbocycles. The predicted octanol–water partition coefficient (Wildman–Crippen LogP) is 2.12. The Morgan fingerprint density at radius 2 is 2.05 bits per heavy atom. The standard InChI is InChI=1S/C16H16N6/c17-11-4-1-3-10(9-11)15-14(12-6-7-19-16(18)20-12)13-5-2-8-22(13)21-15/h1,3-4,6-7,9H,2,5,8,17H2,(H2,18,19,20). The maximum absolute atomic E-state index is 5.92. The highest BCUT2D eigenvalue weighted by molar-refractivity contribution is 5.82. The fourth-order valence-electron chi connectivity index (χ4n) is 3.00. The smallest absolute Gasteiger partial charge is 0.220 e. The molecule has 22 heavy (non-hydrogen) atoms. The van der Waals surface area contributed by atoms with Gasteiger partial charge in [0.05, 0.1) is 5.69 Å². The monoisotopic (exact) mass is 292 g/mol. The number of fused-ring (bicyclic) bond motifs is 1. The molecule has 4 rings (SSSR count). The van der Waals surface area contributed by atoms with E-state index < -0.39 is 0 Å². The van der Waals surface area contributed by atoms with E-state index in [1.54, 1.807) is 6.20 Å². The summed E-state index contributed by atoms with van der Waals surface area (Å²) in [5.74, 6) is 0.272. The van der Waals surface area contributed by atoms with Crippen molar-refractivity contribution in [2.24, 2.45) is 0 Å². The molecule has 0 fully saturated rings. The predicted molar refractivity (Wildman–Crippen MR) is 85.8 cm³/mol. The number of aryl methyl sites for hydroxylation is 1. The third kappa shape index (κ3) is 2.00. The van der Waals surface area contributed by atoms with Crippen LogP contribution in [0.2, 0.25) is 0 Å². The zero-order valence-corrected chi connectivity index (χ0v) is 12.0. The number of rotatable bonds is 2. The summed E-state index contributed by atoms with van der Waals surface area (Å²) in [6, 6.07) is 9.64. The van der Waals surface area contributed by atoms with E-state index in [0.29, 0.717) is 0 Å². The van der Waals surface area contributed by atoms with Gasteiger partial charge in [-0.25, -0.2) is 9.97 Å². The van der Waals surface area contributed by atoms with E-state index in [1.165, 1.54) is 5.69 Å². The van der Waals surface area contributed by atoms with Crippen molar-refractivity contribution in [3.8, 4) is 22.5 Å². The van der Waals surface area contributed by atoms with Gasteiger partial charge in [0.1, 0.15) is 5.69 Å². The number of nitrogen functional groups attached to an aromatic ring is 2.